The number of nitrogens with one attached hydrogen (secondary N) is 1. The van der Waals surface area contributed by atoms with Gasteiger partial charge in [0.15, 0.2) is 5.54 Å². The summed E-state index contributed by atoms with van der Waals surface area (Å²) in [5.74, 6) is -2.70. The number of carbonyl (C=O) groups excluding carboxylic acids is 3. The normalized spacial score (nSPS) is 14.8. The van der Waals surface area contributed by atoms with E-state index in [4.69, 9.17) is 0 Å². The van der Waals surface area contributed by atoms with Crippen LogP contribution in [0.1, 0.15) is 31.8 Å². The molecule has 1 heterocycles. The van der Waals surface area contributed by atoms with Crippen LogP contribution >= 0.6 is 0 Å². The van der Waals surface area contributed by atoms with E-state index in [0.29, 0.717) is 26.8 Å². The van der Waals surface area contributed by atoms with Gasteiger partial charge in [0.25, 0.3) is 11.8 Å². The molecular weight excluding hydrogens is 432 g/mol. The van der Waals surface area contributed by atoms with Gasteiger partial charge in [0, 0.05) is 5.56 Å². The molecule has 1 saturated heterocycles. The van der Waals surface area contributed by atoms with Crippen molar-refractivity contribution in [2.24, 2.45) is 0 Å². The number of amides is 4. The minimum Gasteiger partial charge on any atom is -0.478 e. The Morgan fingerprint density at radius 2 is 1.15 bits per heavy atom. The average molecular weight is 450 g/mol. The SMILES string of the molecule is O=C(O)c1ccc(C(=O)N2C(=O)NC(c3ccccc3)(c3ccccc3)C2=O)c2ccccc12. The lowest BCUT2D eigenvalue weighted by atomic mass is 9.82. The lowest BCUT2D eigenvalue weighted by molar-refractivity contribution is -0.128. The van der Waals surface area contributed by atoms with Gasteiger partial charge in [-0.3, -0.25) is 9.59 Å². The molecule has 0 saturated carbocycles. The number of carboxylic acids is 1. The zero-order chi connectivity index (χ0) is 23.9. The van der Waals surface area contributed by atoms with E-state index in [1.807, 2.05) is 0 Å². The second-order valence-corrected chi connectivity index (χ2v) is 7.87. The van der Waals surface area contributed by atoms with E-state index in [0.717, 1.165) is 0 Å². The van der Waals surface area contributed by atoms with E-state index in [2.05, 4.69) is 5.32 Å². The number of benzene rings is 4. The van der Waals surface area contributed by atoms with Gasteiger partial charge in [-0.25, -0.2) is 9.59 Å². The molecule has 0 unspecified atom stereocenters. The summed E-state index contributed by atoms with van der Waals surface area (Å²) < 4.78 is 0. The number of nitrogens with zero attached hydrogens (tertiary/aromatic N) is 1. The van der Waals surface area contributed by atoms with E-state index < -0.39 is 29.4 Å². The van der Waals surface area contributed by atoms with E-state index >= 15 is 0 Å². The van der Waals surface area contributed by atoms with Crippen molar-refractivity contribution in [2.75, 3.05) is 0 Å². The quantitative estimate of drug-likeness (QED) is 0.359. The highest BCUT2D eigenvalue weighted by Crippen LogP contribution is 2.37. The fourth-order valence-electron chi connectivity index (χ4n) is 4.44. The predicted octanol–water partition coefficient (Wildman–Crippen LogP) is 4.17. The summed E-state index contributed by atoms with van der Waals surface area (Å²) in [6, 6.07) is 25.8. The molecule has 0 aromatic heterocycles. The molecule has 5 rings (SSSR count). The van der Waals surface area contributed by atoms with Crippen molar-refractivity contribution in [2.45, 2.75) is 5.54 Å². The second-order valence-electron chi connectivity index (χ2n) is 7.87. The first-order valence-corrected chi connectivity index (χ1v) is 10.5. The Bertz CT molecular complexity index is 1430. The Morgan fingerprint density at radius 3 is 1.68 bits per heavy atom. The molecule has 4 aromatic rings. The summed E-state index contributed by atoms with van der Waals surface area (Å²) in [4.78, 5) is 52.9. The number of urea groups is 1. The molecule has 0 bridgehead atoms. The van der Waals surface area contributed by atoms with Crippen molar-refractivity contribution in [3.63, 3.8) is 0 Å². The number of imide groups is 3. The standard InChI is InChI=1S/C27H18N2O5/c30-23(21-15-16-22(24(31)32)20-14-8-7-13-19(20)21)29-25(33)27(28-26(29)34,17-9-3-1-4-10-17)18-11-5-2-6-12-18/h1-16H,(H,28,34)(H,31,32). The highest BCUT2D eigenvalue weighted by Gasteiger charge is 2.56. The van der Waals surface area contributed by atoms with Crippen molar-refractivity contribution in [1.29, 1.82) is 0 Å². The zero-order valence-electron chi connectivity index (χ0n) is 17.8. The van der Waals surface area contributed by atoms with Crippen molar-refractivity contribution in [3.8, 4) is 0 Å². The predicted molar refractivity (Wildman–Crippen MR) is 124 cm³/mol. The molecule has 34 heavy (non-hydrogen) atoms. The van der Waals surface area contributed by atoms with Crippen LogP contribution in [0.5, 0.6) is 0 Å². The van der Waals surface area contributed by atoms with Gasteiger partial charge in [-0.1, -0.05) is 84.9 Å². The monoisotopic (exact) mass is 450 g/mol. The van der Waals surface area contributed by atoms with Gasteiger partial charge in [-0.2, -0.15) is 4.90 Å². The summed E-state index contributed by atoms with van der Waals surface area (Å²) in [6.45, 7) is 0. The first-order chi connectivity index (χ1) is 16.4. The third-order valence-corrected chi connectivity index (χ3v) is 6.02. The van der Waals surface area contributed by atoms with Gasteiger partial charge in [0.05, 0.1) is 5.56 Å². The van der Waals surface area contributed by atoms with Crippen LogP contribution in [0, 0.1) is 0 Å². The molecule has 4 aromatic carbocycles. The zero-order valence-corrected chi connectivity index (χ0v) is 17.8. The Balaban J connectivity index is 1.66. The Labute approximate surface area is 194 Å². The lowest BCUT2D eigenvalue weighted by Gasteiger charge is -2.27. The first kappa shape index (κ1) is 21.1. The number of hydrogen-bond acceptors (Lipinski definition) is 4. The molecule has 166 valence electrons. The second kappa shape index (κ2) is 7.97. The fourth-order valence-corrected chi connectivity index (χ4v) is 4.44. The molecule has 1 fully saturated rings. The van der Waals surface area contributed by atoms with E-state index in [1.54, 1.807) is 84.9 Å². The summed E-state index contributed by atoms with van der Waals surface area (Å²) in [5.41, 5.74) is -0.471. The number of hydrogen-bond donors (Lipinski definition) is 2. The van der Waals surface area contributed by atoms with E-state index in [-0.39, 0.29) is 11.1 Å². The van der Waals surface area contributed by atoms with Crippen LogP contribution in [0.4, 0.5) is 4.79 Å². The molecule has 7 nitrogen and oxygen atoms in total. The van der Waals surface area contributed by atoms with Gasteiger partial charge >= 0.3 is 12.0 Å². The molecule has 7 heteroatoms. The van der Waals surface area contributed by atoms with Gasteiger partial charge < -0.3 is 10.4 Å². The average Bonchev–Trinajstić information content (AvgIpc) is 3.14. The maximum absolute atomic E-state index is 13.9. The van der Waals surface area contributed by atoms with Crippen molar-refractivity contribution in [3.05, 3.63) is 119 Å². The molecule has 4 amide bonds. The lowest BCUT2D eigenvalue weighted by Crippen LogP contribution is -2.45. The van der Waals surface area contributed by atoms with Crippen LogP contribution in [0.2, 0.25) is 0 Å². The van der Waals surface area contributed by atoms with Crippen LogP contribution in [-0.4, -0.2) is 33.8 Å². The maximum Gasteiger partial charge on any atom is 0.336 e. The van der Waals surface area contributed by atoms with E-state index in [9.17, 15) is 24.3 Å². The molecule has 2 N–H and O–H groups in total. The molecule has 0 radical (unpaired) electrons. The molecule has 0 spiro atoms. The number of fused-ring (bicyclic) bond motifs is 1. The first-order valence-electron chi connectivity index (χ1n) is 10.5. The Morgan fingerprint density at radius 1 is 0.676 bits per heavy atom. The van der Waals surface area contributed by atoms with Gasteiger partial charge in [-0.15, -0.1) is 0 Å². The van der Waals surface area contributed by atoms with Gasteiger partial charge in [0.1, 0.15) is 0 Å². The van der Waals surface area contributed by atoms with Crippen molar-refractivity contribution in [1.82, 2.24) is 10.2 Å². The van der Waals surface area contributed by atoms with Crippen LogP contribution in [0.15, 0.2) is 97.1 Å². The highest BCUT2D eigenvalue weighted by atomic mass is 16.4. The van der Waals surface area contributed by atoms with Crippen LogP contribution in [0.25, 0.3) is 10.8 Å². The van der Waals surface area contributed by atoms with Gasteiger partial charge in [0.2, 0.25) is 0 Å². The smallest absolute Gasteiger partial charge is 0.336 e. The fraction of sp³-hybridized carbons (Fsp3) is 0.0370. The third-order valence-electron chi connectivity index (χ3n) is 6.02. The number of aromatic carboxylic acids is 1. The minimum atomic E-state index is -1.58. The summed E-state index contributed by atoms with van der Waals surface area (Å²) >= 11 is 0. The molecule has 0 atom stereocenters. The number of carboxylic acid groups (broad SMARTS) is 1. The highest BCUT2D eigenvalue weighted by molar-refractivity contribution is 6.26. The summed E-state index contributed by atoms with van der Waals surface area (Å²) in [6.07, 6.45) is 0. The minimum absolute atomic E-state index is 0.0206. The van der Waals surface area contributed by atoms with Crippen LogP contribution in [-0.2, 0) is 10.3 Å². The van der Waals surface area contributed by atoms with Crippen LogP contribution in [0.3, 0.4) is 0 Å². The molecule has 1 aliphatic heterocycles. The Kier molecular flexibility index (Phi) is 4.94. The topological polar surface area (TPSA) is 104 Å². The Hall–Kier alpha value is -4.78. The third kappa shape index (κ3) is 3.06. The molecule has 1 aliphatic rings. The van der Waals surface area contributed by atoms with Crippen molar-refractivity contribution >= 4 is 34.6 Å². The van der Waals surface area contributed by atoms with Crippen LogP contribution < -0.4 is 5.32 Å². The largest absolute Gasteiger partial charge is 0.478 e. The van der Waals surface area contributed by atoms with Crippen molar-refractivity contribution < 1.29 is 24.3 Å². The maximum atomic E-state index is 13.9. The summed E-state index contributed by atoms with van der Waals surface area (Å²) in [5, 5.41) is 12.9. The molecular formula is C27H18N2O5. The van der Waals surface area contributed by atoms with E-state index in [1.165, 1.54) is 12.1 Å². The number of carbonyl (C=O) groups is 4. The van der Waals surface area contributed by atoms with Gasteiger partial charge in [-0.05, 0) is 34.0 Å². The summed E-state index contributed by atoms with van der Waals surface area (Å²) in [7, 11) is 0. The molecule has 0 aliphatic carbocycles. The number of rotatable bonds is 4.